The molecule has 2 saturated heterocycles. The summed E-state index contributed by atoms with van der Waals surface area (Å²) >= 11 is 6.71. The Bertz CT molecular complexity index is 2780. The van der Waals surface area contributed by atoms with Crippen molar-refractivity contribution in [2.24, 2.45) is 0 Å². The van der Waals surface area contributed by atoms with E-state index in [4.69, 9.17) is 54.6 Å². The second-order valence-corrected chi connectivity index (χ2v) is 22.0. The summed E-state index contributed by atoms with van der Waals surface area (Å²) in [6.45, 7) is 3.08. The van der Waals surface area contributed by atoms with Gasteiger partial charge in [-0.05, 0) is 46.9 Å². The van der Waals surface area contributed by atoms with Gasteiger partial charge in [0.25, 0.3) is 0 Å². The van der Waals surface area contributed by atoms with Crippen LogP contribution in [0.25, 0.3) is 11.1 Å². The number of benzene rings is 3. The summed E-state index contributed by atoms with van der Waals surface area (Å²) in [4.78, 5) is 107. The number of nitrogens with one attached hydrogen (secondary N) is 1. The molecule has 0 radical (unpaired) electrons. The van der Waals surface area contributed by atoms with E-state index in [9.17, 15) is 46.8 Å². The van der Waals surface area contributed by atoms with E-state index in [1.807, 2.05) is 70.9 Å². The first-order chi connectivity index (χ1) is 36.5. The molecule has 3 aromatic carbocycles. The van der Waals surface area contributed by atoms with Gasteiger partial charge in [-0.15, -0.1) is 0 Å². The molecule has 4 amide bonds. The molecule has 2 heterocycles. The molecule has 3 aromatic rings. The van der Waals surface area contributed by atoms with Crippen LogP contribution in [0, 0.1) is 0 Å². The minimum Gasteiger partial charge on any atom is -0.455 e. The van der Waals surface area contributed by atoms with Crippen molar-refractivity contribution in [1.29, 1.82) is 0 Å². The molecule has 6 rings (SSSR count). The van der Waals surface area contributed by atoms with Gasteiger partial charge >= 0.3 is 166 Å². The number of carbonyl (C=O) groups is 8. The number of sulfone groups is 1. The Kier molecular flexibility index (Phi) is 21.3. The number of rotatable bonds is 21. The van der Waals surface area contributed by atoms with Gasteiger partial charge in [-0.1, -0.05) is 54.6 Å². The van der Waals surface area contributed by atoms with Crippen molar-refractivity contribution in [3.8, 4) is 16.9 Å². The number of Topliss-reactive ketones (excluding diaryl/α,β-unsaturated/α-hetero) is 1. The van der Waals surface area contributed by atoms with Gasteiger partial charge in [0.05, 0.1) is 5.69 Å². The average molecular weight is 1220 g/mol. The number of ketones is 1. The van der Waals surface area contributed by atoms with Crippen LogP contribution < -0.4 is 10.1 Å². The Morgan fingerprint density at radius 2 is 1.43 bits per heavy atom. The SMILES string of the molecule is CC(=O)O[C@@H]1[C@@H](OC(C)=O)[C@H](Oc2ccc(COC(=O)N(CCS(C)(=O)=O)COC3CCN(C(=O)OB(I)B=S)CC3)cc2NC(=O)CN(C)C(=O)OCC2c3ccccc3-c3ccccc32)O[C@H](C(C)=O)[C@H]1OC(C)=O. The van der Waals surface area contributed by atoms with Crippen molar-refractivity contribution >= 4 is 109 Å². The largest absolute Gasteiger partial charge is 0.455 e. The van der Waals surface area contributed by atoms with Crippen molar-refractivity contribution in [2.75, 3.05) is 63.9 Å². The zero-order chi connectivity index (χ0) is 56.1. The van der Waals surface area contributed by atoms with Gasteiger partial charge in [0, 0.05) is 40.0 Å². The number of halogens is 1. The van der Waals surface area contributed by atoms with Crippen molar-refractivity contribution in [3.63, 3.8) is 0 Å². The van der Waals surface area contributed by atoms with Crippen LogP contribution in [0.4, 0.5) is 20.1 Å². The van der Waals surface area contributed by atoms with Gasteiger partial charge in [0.2, 0.25) is 18.3 Å². The number of fused-ring (bicyclic) bond motifs is 3. The van der Waals surface area contributed by atoms with E-state index in [1.165, 1.54) is 36.2 Å². The molecule has 2 fully saturated rings. The third-order valence-corrected chi connectivity index (χ3v) is 14.5. The monoisotopic (exact) mass is 1220 g/mol. The first-order valence-corrected chi connectivity index (χ1v) is 27.9. The zero-order valence-electron chi connectivity index (χ0n) is 42.9. The smallest absolute Gasteiger partial charge is 0.409 e. The molecule has 5 atom stereocenters. The maximum Gasteiger partial charge on any atom is 0.409 e. The second kappa shape index (κ2) is 27.4. The predicted octanol–water partition coefficient (Wildman–Crippen LogP) is 4.79. The van der Waals surface area contributed by atoms with E-state index in [-0.39, 0.29) is 42.8 Å². The topological polar surface area (TPSA) is 276 Å². The fraction of sp³-hybridized carbons (Fsp3) is 0.469. The van der Waals surface area contributed by atoms with Crippen LogP contribution in [-0.2, 0) is 78.2 Å². The van der Waals surface area contributed by atoms with Crippen molar-refractivity contribution in [3.05, 3.63) is 83.4 Å². The third kappa shape index (κ3) is 16.9. The van der Waals surface area contributed by atoms with E-state index in [1.54, 1.807) is 0 Å². The number of anilines is 1. The van der Waals surface area contributed by atoms with Crippen LogP contribution in [0.5, 0.6) is 5.75 Å². The quantitative estimate of drug-likeness (QED) is 0.0493. The zero-order valence-corrected chi connectivity index (χ0v) is 46.7. The molecule has 0 bridgehead atoms. The van der Waals surface area contributed by atoms with E-state index >= 15 is 0 Å². The Morgan fingerprint density at radius 3 is 2.01 bits per heavy atom. The van der Waals surface area contributed by atoms with Gasteiger partial charge in [0.1, 0.15) is 35.3 Å². The molecule has 1 aliphatic carbocycles. The number of hydrogen-bond acceptors (Lipinski definition) is 20. The summed E-state index contributed by atoms with van der Waals surface area (Å²) in [5, 5.41) is 2.67. The summed E-state index contributed by atoms with van der Waals surface area (Å²) in [6.07, 6.45) is -9.29. The van der Waals surface area contributed by atoms with Crippen LogP contribution in [0.1, 0.15) is 63.1 Å². The molecule has 77 heavy (non-hydrogen) atoms. The third-order valence-electron chi connectivity index (χ3n) is 12.2. The average Bonchev–Trinajstić information content (AvgIpc) is 3.70. The molecule has 3 aliphatic rings. The van der Waals surface area contributed by atoms with Crippen LogP contribution in [0.3, 0.4) is 0 Å². The Labute approximate surface area is 464 Å². The van der Waals surface area contributed by atoms with E-state index in [0.717, 1.165) is 66.0 Å². The minimum atomic E-state index is -3.57. The van der Waals surface area contributed by atoms with E-state index in [2.05, 4.69) is 5.32 Å². The van der Waals surface area contributed by atoms with Crippen LogP contribution in [0.15, 0.2) is 66.7 Å². The number of nitrogens with zero attached hydrogens (tertiary/aromatic N) is 3. The summed E-state index contributed by atoms with van der Waals surface area (Å²) in [7, 11) is -2.22. The molecular formula is C49H57B2IN4O19S2. The maximum atomic E-state index is 13.9. The number of esters is 3. The molecule has 1 N–H and O–H groups in total. The first kappa shape index (κ1) is 60.0. The Hall–Kier alpha value is -6.23. The summed E-state index contributed by atoms with van der Waals surface area (Å²) in [6, 6.07) is 21.0. The minimum absolute atomic E-state index is 0.0274. The van der Waals surface area contributed by atoms with Crippen molar-refractivity contribution < 1.29 is 89.3 Å². The molecule has 2 aliphatic heterocycles. The molecule has 0 spiro atoms. The number of amides is 4. The summed E-state index contributed by atoms with van der Waals surface area (Å²) < 4.78 is 75.1. The second-order valence-electron chi connectivity index (χ2n) is 18.2. The molecule has 28 heteroatoms. The normalized spacial score (nSPS) is 18.9. The van der Waals surface area contributed by atoms with Gasteiger partial charge in [0.15, 0.2) is 24.1 Å². The number of carbonyl (C=O) groups excluding carboxylic acids is 8. The van der Waals surface area contributed by atoms with Gasteiger partial charge < -0.3 is 38.6 Å². The maximum absolute atomic E-state index is 13.9. The number of ether oxygens (including phenoxy) is 8. The van der Waals surface area contributed by atoms with Crippen LogP contribution in [-0.4, -0.2) is 177 Å². The van der Waals surface area contributed by atoms with Gasteiger partial charge in [-0.25, -0.2) is 13.2 Å². The standard InChI is InChI=1S/C49H57B2IN4O19S2/c1-28(57)42-43(70-29(2)58)44(71-30(3)59)45(72-31(4)60)46(74-42)73-40-16-15-32(25-67-48(63)56(21-22-77(6,65)66)27-69-33-17-19-55(20-18-33)49(64)75-51(52)50-76)23-39(40)53-41(61)24-54(5)47(62)68-26-38-36-13-9-7-11-34(36)35-12-8-10-14-37(35)38/h7-16,23,33,38,42-46H,17-22,24-27H2,1-6H3,(H,53,61)/t42-,43-,44+,45-,46-/m1/s1. The fourth-order valence-corrected chi connectivity index (χ4v) is 9.51. The Morgan fingerprint density at radius 1 is 0.831 bits per heavy atom. The summed E-state index contributed by atoms with van der Waals surface area (Å²) in [5.41, 5.74) is 4.10. The molecule has 412 valence electrons. The first-order valence-electron chi connectivity index (χ1n) is 24.1. The Balaban J connectivity index is 1.21. The van der Waals surface area contributed by atoms with Gasteiger partial charge in [-0.2, -0.15) is 0 Å². The van der Waals surface area contributed by atoms with Crippen LogP contribution >= 0.6 is 34.4 Å². The van der Waals surface area contributed by atoms with Gasteiger partial charge in [-0.3, -0.25) is 24.0 Å². The van der Waals surface area contributed by atoms with Crippen molar-refractivity contribution in [2.45, 2.75) is 89.9 Å². The fourth-order valence-electron chi connectivity index (χ4n) is 8.68. The molecule has 0 aromatic heterocycles. The van der Waals surface area contributed by atoms with E-state index < -0.39 is 118 Å². The van der Waals surface area contributed by atoms with E-state index in [0.29, 0.717) is 25.9 Å². The molecule has 23 nitrogen and oxygen atoms in total. The molecular weight excluding hydrogens is 1160 g/mol. The summed E-state index contributed by atoms with van der Waals surface area (Å²) in [5.74, 6) is -5.07. The predicted molar refractivity (Wildman–Crippen MR) is 286 cm³/mol. The number of likely N-dealkylation sites (N-methyl/N-ethyl adjacent to an activating group) is 1. The van der Waals surface area contributed by atoms with Crippen molar-refractivity contribution in [1.82, 2.24) is 14.7 Å². The van der Waals surface area contributed by atoms with Crippen LogP contribution in [0.2, 0.25) is 0 Å². The number of piperidine rings is 1. The number of hydrogen-bond donors (Lipinski definition) is 1. The molecule has 0 saturated carbocycles. The molecule has 0 unspecified atom stereocenters. The number of likely N-dealkylation sites (tertiary alicyclic amines) is 1.